The van der Waals surface area contributed by atoms with Crippen molar-refractivity contribution in [2.75, 3.05) is 24.7 Å². The molecule has 1 N–H and O–H groups in total. The third-order valence-corrected chi connectivity index (χ3v) is 5.79. The summed E-state index contributed by atoms with van der Waals surface area (Å²) < 4.78 is 46.1. The van der Waals surface area contributed by atoms with E-state index in [0.29, 0.717) is 25.1 Å². The zero-order valence-corrected chi connectivity index (χ0v) is 16.6. The SMILES string of the molecule is OC(CC1COCCN1c1cc(C(F)(F)F)nc(-c2cccnc2)n1)c1cccs1. The van der Waals surface area contributed by atoms with Gasteiger partial charge in [0.2, 0.25) is 0 Å². The number of halogens is 3. The Balaban J connectivity index is 1.69. The zero-order valence-electron chi connectivity index (χ0n) is 15.8. The maximum absolute atomic E-state index is 13.5. The van der Waals surface area contributed by atoms with E-state index in [1.165, 1.54) is 23.7 Å². The van der Waals surface area contributed by atoms with E-state index in [1.54, 1.807) is 17.0 Å². The first-order valence-corrected chi connectivity index (χ1v) is 10.2. The van der Waals surface area contributed by atoms with Gasteiger partial charge in [-0.15, -0.1) is 11.3 Å². The molecular weight excluding hydrogens is 417 g/mol. The smallest absolute Gasteiger partial charge is 0.387 e. The van der Waals surface area contributed by atoms with Crippen LogP contribution >= 0.6 is 11.3 Å². The van der Waals surface area contributed by atoms with E-state index in [9.17, 15) is 18.3 Å². The van der Waals surface area contributed by atoms with Crippen molar-refractivity contribution in [2.24, 2.45) is 0 Å². The average molecular weight is 436 g/mol. The van der Waals surface area contributed by atoms with Gasteiger partial charge in [-0.1, -0.05) is 6.07 Å². The van der Waals surface area contributed by atoms with Crippen molar-refractivity contribution in [2.45, 2.75) is 24.7 Å². The lowest BCUT2D eigenvalue weighted by Gasteiger charge is -2.37. The Morgan fingerprint density at radius 1 is 1.27 bits per heavy atom. The van der Waals surface area contributed by atoms with Crippen LogP contribution < -0.4 is 4.90 Å². The summed E-state index contributed by atoms with van der Waals surface area (Å²) in [4.78, 5) is 14.6. The predicted molar refractivity (Wildman–Crippen MR) is 106 cm³/mol. The maximum Gasteiger partial charge on any atom is 0.433 e. The van der Waals surface area contributed by atoms with Gasteiger partial charge in [0.1, 0.15) is 5.82 Å². The molecule has 0 radical (unpaired) electrons. The van der Waals surface area contributed by atoms with Crippen LogP contribution in [0, 0.1) is 0 Å². The van der Waals surface area contributed by atoms with Crippen LogP contribution in [0.4, 0.5) is 19.0 Å². The summed E-state index contributed by atoms with van der Waals surface area (Å²) in [6, 6.07) is 7.54. The minimum Gasteiger partial charge on any atom is -0.387 e. The van der Waals surface area contributed by atoms with Gasteiger partial charge in [0.05, 0.1) is 25.4 Å². The van der Waals surface area contributed by atoms with Crippen LogP contribution in [-0.2, 0) is 10.9 Å². The standard InChI is InChI=1S/C20H19F3N4O2S/c21-20(22,23)17-10-18(26-19(25-17)13-3-1-5-24-11-13)27-6-7-29-12-14(27)9-15(28)16-4-2-8-30-16/h1-5,8,10-11,14-15,28H,6-7,9,12H2. The van der Waals surface area contributed by atoms with Crippen LogP contribution in [0.5, 0.6) is 0 Å². The molecule has 0 amide bonds. The molecule has 3 aromatic heterocycles. The van der Waals surface area contributed by atoms with E-state index in [2.05, 4.69) is 15.0 Å². The Hall–Kier alpha value is -2.56. The quantitative estimate of drug-likeness (QED) is 0.653. The second-order valence-electron chi connectivity index (χ2n) is 6.86. The summed E-state index contributed by atoms with van der Waals surface area (Å²) >= 11 is 1.43. The number of aromatic nitrogens is 3. The van der Waals surface area contributed by atoms with Crippen molar-refractivity contribution in [3.63, 3.8) is 0 Å². The summed E-state index contributed by atoms with van der Waals surface area (Å²) in [7, 11) is 0. The number of anilines is 1. The number of ether oxygens (including phenoxy) is 1. The number of rotatable bonds is 5. The molecule has 0 aliphatic carbocycles. The fourth-order valence-electron chi connectivity index (χ4n) is 3.36. The molecule has 1 saturated heterocycles. The molecule has 2 unspecified atom stereocenters. The third-order valence-electron chi connectivity index (χ3n) is 4.81. The fraction of sp³-hybridized carbons (Fsp3) is 0.350. The molecule has 6 nitrogen and oxygen atoms in total. The molecule has 1 aliphatic rings. The molecule has 30 heavy (non-hydrogen) atoms. The van der Waals surface area contributed by atoms with Gasteiger partial charge in [0.25, 0.3) is 0 Å². The predicted octanol–water partition coefficient (Wildman–Crippen LogP) is 3.95. The summed E-state index contributed by atoms with van der Waals surface area (Å²) in [6.07, 6.45) is -2.08. The molecule has 1 aliphatic heterocycles. The van der Waals surface area contributed by atoms with Crippen molar-refractivity contribution < 1.29 is 23.0 Å². The molecule has 0 saturated carbocycles. The fourth-order valence-corrected chi connectivity index (χ4v) is 4.08. The Kier molecular flexibility index (Phi) is 5.98. The summed E-state index contributed by atoms with van der Waals surface area (Å²) in [5.41, 5.74) is -0.622. The van der Waals surface area contributed by atoms with Crippen molar-refractivity contribution in [3.05, 3.63) is 58.7 Å². The first-order valence-electron chi connectivity index (χ1n) is 9.34. The highest BCUT2D eigenvalue weighted by atomic mass is 32.1. The van der Waals surface area contributed by atoms with Crippen LogP contribution in [0.15, 0.2) is 48.1 Å². The molecule has 0 bridgehead atoms. The number of morpholine rings is 1. The number of nitrogens with zero attached hydrogens (tertiary/aromatic N) is 4. The van der Waals surface area contributed by atoms with Crippen LogP contribution in [-0.4, -0.2) is 45.9 Å². The van der Waals surface area contributed by atoms with Crippen LogP contribution in [0.25, 0.3) is 11.4 Å². The third kappa shape index (κ3) is 4.61. The highest BCUT2D eigenvalue weighted by Gasteiger charge is 2.36. The van der Waals surface area contributed by atoms with Gasteiger partial charge in [-0.2, -0.15) is 13.2 Å². The highest BCUT2D eigenvalue weighted by molar-refractivity contribution is 7.10. The monoisotopic (exact) mass is 436 g/mol. The molecule has 1 fully saturated rings. The van der Waals surface area contributed by atoms with Gasteiger partial charge in [-0.05, 0) is 23.6 Å². The lowest BCUT2D eigenvalue weighted by atomic mass is 10.1. The number of pyridine rings is 1. The molecule has 0 aromatic carbocycles. The maximum atomic E-state index is 13.5. The lowest BCUT2D eigenvalue weighted by Crippen LogP contribution is -2.47. The van der Waals surface area contributed by atoms with Crippen molar-refractivity contribution >= 4 is 17.2 Å². The van der Waals surface area contributed by atoms with Crippen LogP contribution in [0.3, 0.4) is 0 Å². The number of aliphatic hydroxyl groups excluding tert-OH is 1. The van der Waals surface area contributed by atoms with Gasteiger partial charge >= 0.3 is 6.18 Å². The first kappa shape index (κ1) is 20.7. The van der Waals surface area contributed by atoms with E-state index in [0.717, 1.165) is 10.9 Å². The Morgan fingerprint density at radius 2 is 2.13 bits per heavy atom. The molecule has 4 heterocycles. The Morgan fingerprint density at radius 3 is 2.83 bits per heavy atom. The molecule has 3 aromatic rings. The van der Waals surface area contributed by atoms with Crippen LogP contribution in [0.1, 0.15) is 23.1 Å². The van der Waals surface area contributed by atoms with Gasteiger partial charge in [0.15, 0.2) is 11.5 Å². The highest BCUT2D eigenvalue weighted by Crippen LogP contribution is 2.34. The second kappa shape index (κ2) is 8.66. The van der Waals surface area contributed by atoms with Gasteiger partial charge < -0.3 is 14.7 Å². The Bertz CT molecular complexity index is 970. The summed E-state index contributed by atoms with van der Waals surface area (Å²) in [5.74, 6) is 0.111. The molecule has 0 spiro atoms. The minimum absolute atomic E-state index is 0.0445. The largest absolute Gasteiger partial charge is 0.433 e. The molecule has 4 rings (SSSR count). The van der Waals surface area contributed by atoms with E-state index in [-0.39, 0.29) is 24.3 Å². The number of thiophene rings is 1. The summed E-state index contributed by atoms with van der Waals surface area (Å²) in [6.45, 7) is 1.01. The van der Waals surface area contributed by atoms with E-state index < -0.39 is 18.0 Å². The number of alkyl halides is 3. The lowest BCUT2D eigenvalue weighted by molar-refractivity contribution is -0.141. The van der Waals surface area contributed by atoms with Gasteiger partial charge in [-0.3, -0.25) is 4.98 Å². The first-order chi connectivity index (χ1) is 14.4. The number of hydrogen-bond acceptors (Lipinski definition) is 7. The second-order valence-corrected chi connectivity index (χ2v) is 7.84. The summed E-state index contributed by atoms with van der Waals surface area (Å²) in [5, 5.41) is 12.4. The van der Waals surface area contributed by atoms with E-state index >= 15 is 0 Å². The number of hydrogen-bond donors (Lipinski definition) is 1. The molecular formula is C20H19F3N4O2S. The van der Waals surface area contributed by atoms with Crippen molar-refractivity contribution in [3.8, 4) is 11.4 Å². The molecule has 158 valence electrons. The van der Waals surface area contributed by atoms with Gasteiger partial charge in [-0.25, -0.2) is 9.97 Å². The Labute approximate surface area is 175 Å². The molecule has 10 heteroatoms. The van der Waals surface area contributed by atoms with Crippen molar-refractivity contribution in [1.29, 1.82) is 0 Å². The topological polar surface area (TPSA) is 71.4 Å². The zero-order chi connectivity index (χ0) is 21.1. The number of aliphatic hydroxyl groups is 1. The van der Waals surface area contributed by atoms with Crippen LogP contribution in [0.2, 0.25) is 0 Å². The average Bonchev–Trinajstić information content (AvgIpc) is 3.29. The normalized spacial score (nSPS) is 18.4. The van der Waals surface area contributed by atoms with Crippen molar-refractivity contribution in [1.82, 2.24) is 15.0 Å². The minimum atomic E-state index is -4.62. The molecule has 2 atom stereocenters. The van der Waals surface area contributed by atoms with Gasteiger partial charge in [0, 0.05) is 41.9 Å². The van der Waals surface area contributed by atoms with E-state index in [1.807, 2.05) is 17.5 Å². The van der Waals surface area contributed by atoms with E-state index in [4.69, 9.17) is 4.74 Å².